The first-order valence-electron chi connectivity index (χ1n) is 10.3. The number of hydrogen-bond acceptors (Lipinski definition) is 8. The fourth-order valence-electron chi connectivity index (χ4n) is 3.34. The summed E-state index contributed by atoms with van der Waals surface area (Å²) in [5.41, 5.74) is -0.937. The van der Waals surface area contributed by atoms with Gasteiger partial charge >= 0.3 is 5.97 Å². The van der Waals surface area contributed by atoms with Crippen molar-refractivity contribution >= 4 is 22.4 Å². The van der Waals surface area contributed by atoms with Crippen molar-refractivity contribution in [2.75, 3.05) is 5.32 Å². The Morgan fingerprint density at radius 3 is 2.52 bits per heavy atom. The number of ether oxygens (including phenoxy) is 2. The molecule has 0 unspecified atom stereocenters. The molecule has 2 heterocycles. The van der Waals surface area contributed by atoms with Gasteiger partial charge in [-0.15, -0.1) is 0 Å². The first kappa shape index (κ1) is 21.9. The third kappa shape index (κ3) is 4.67. The summed E-state index contributed by atoms with van der Waals surface area (Å²) in [5.74, 6) is -0.314. The highest BCUT2D eigenvalue weighted by Crippen LogP contribution is 2.27. The lowest BCUT2D eigenvalue weighted by atomic mass is 10.0. The van der Waals surface area contributed by atoms with Crippen LogP contribution in [0.15, 0.2) is 64.6 Å². The topological polar surface area (TPSA) is 128 Å². The molecule has 0 saturated heterocycles. The fourth-order valence-corrected chi connectivity index (χ4v) is 3.34. The largest absolute Gasteiger partial charge is 0.485 e. The van der Waals surface area contributed by atoms with Crippen LogP contribution in [-0.2, 0) is 11.2 Å². The number of carboxylic acids is 1. The summed E-state index contributed by atoms with van der Waals surface area (Å²) >= 11 is 0. The quantitative estimate of drug-likeness (QED) is 0.372. The van der Waals surface area contributed by atoms with E-state index in [-0.39, 0.29) is 24.0 Å². The maximum absolute atomic E-state index is 11.9. The van der Waals surface area contributed by atoms with Gasteiger partial charge < -0.3 is 19.9 Å². The number of nitrogens with zero attached hydrogens (tertiary/aromatic N) is 2. The molecule has 9 nitrogen and oxygen atoms in total. The second-order valence-electron chi connectivity index (χ2n) is 7.73. The molecule has 0 bridgehead atoms. The summed E-state index contributed by atoms with van der Waals surface area (Å²) in [7, 11) is 0. The normalized spacial score (nSPS) is 12.1. The van der Waals surface area contributed by atoms with E-state index in [4.69, 9.17) is 9.47 Å². The van der Waals surface area contributed by atoms with Crippen LogP contribution in [0.1, 0.15) is 19.4 Å². The Bertz CT molecular complexity index is 1370. The third-order valence-corrected chi connectivity index (χ3v) is 4.94. The molecule has 0 fully saturated rings. The van der Waals surface area contributed by atoms with Crippen molar-refractivity contribution in [3.63, 3.8) is 0 Å². The summed E-state index contributed by atoms with van der Waals surface area (Å²) in [4.78, 5) is 43.8. The van der Waals surface area contributed by atoms with Crippen molar-refractivity contribution in [2.45, 2.75) is 32.4 Å². The Morgan fingerprint density at radius 2 is 1.82 bits per heavy atom. The van der Waals surface area contributed by atoms with Crippen molar-refractivity contribution in [1.29, 1.82) is 0 Å². The predicted octanol–water partition coefficient (Wildman–Crippen LogP) is 2.91. The van der Waals surface area contributed by atoms with E-state index in [1.165, 1.54) is 0 Å². The molecule has 0 aliphatic carbocycles. The highest BCUT2D eigenvalue weighted by atomic mass is 16.5. The second kappa shape index (κ2) is 9.07. The maximum atomic E-state index is 11.9. The number of benzene rings is 1. The Hall–Kier alpha value is -4.27. The number of anilines is 1. The van der Waals surface area contributed by atoms with Crippen molar-refractivity contribution in [3.05, 3.63) is 81.0 Å². The van der Waals surface area contributed by atoms with Crippen molar-refractivity contribution < 1.29 is 19.4 Å². The fraction of sp³-hybridized carbons (Fsp3) is 0.208. The van der Waals surface area contributed by atoms with Gasteiger partial charge in [-0.1, -0.05) is 12.1 Å². The van der Waals surface area contributed by atoms with Crippen molar-refractivity contribution in [3.8, 4) is 17.4 Å². The lowest BCUT2D eigenvalue weighted by Gasteiger charge is -2.20. The van der Waals surface area contributed by atoms with Gasteiger partial charge in [0.05, 0.1) is 6.10 Å². The van der Waals surface area contributed by atoms with E-state index in [1.807, 2.05) is 12.1 Å². The van der Waals surface area contributed by atoms with E-state index in [0.29, 0.717) is 17.2 Å². The van der Waals surface area contributed by atoms with E-state index in [9.17, 15) is 19.5 Å². The summed E-state index contributed by atoms with van der Waals surface area (Å²) in [6.45, 7) is 3.42. The summed E-state index contributed by atoms with van der Waals surface area (Å²) < 4.78 is 11.2. The minimum Gasteiger partial charge on any atom is -0.485 e. The molecule has 2 aromatic heterocycles. The minimum absolute atomic E-state index is 0.0771. The Kier molecular flexibility index (Phi) is 6.03. The van der Waals surface area contributed by atoms with Gasteiger partial charge in [0.15, 0.2) is 5.75 Å². The smallest absolute Gasteiger partial charge is 0.326 e. The molecule has 4 rings (SSSR count). The van der Waals surface area contributed by atoms with Gasteiger partial charge in [-0.25, -0.2) is 9.78 Å². The van der Waals surface area contributed by atoms with Gasteiger partial charge in [-0.2, -0.15) is 0 Å². The van der Waals surface area contributed by atoms with Crippen LogP contribution in [0.2, 0.25) is 0 Å². The molecule has 4 aromatic rings. The maximum Gasteiger partial charge on any atom is 0.326 e. The number of nitrogens with one attached hydrogen (secondary N) is 1. The molecule has 0 saturated carbocycles. The van der Waals surface area contributed by atoms with Gasteiger partial charge in [0.2, 0.25) is 5.88 Å². The van der Waals surface area contributed by atoms with Crippen molar-refractivity contribution in [2.24, 2.45) is 0 Å². The Labute approximate surface area is 188 Å². The molecule has 0 radical (unpaired) electrons. The molecule has 1 atom stereocenters. The van der Waals surface area contributed by atoms with E-state index in [2.05, 4.69) is 15.3 Å². The van der Waals surface area contributed by atoms with Crippen LogP contribution in [0.3, 0.4) is 0 Å². The van der Waals surface area contributed by atoms with Crippen LogP contribution < -0.4 is 25.6 Å². The molecular weight excluding hydrogens is 426 g/mol. The molecule has 2 aromatic carbocycles. The van der Waals surface area contributed by atoms with Gasteiger partial charge in [0.1, 0.15) is 17.5 Å². The number of pyridine rings is 2. The molecule has 9 heteroatoms. The van der Waals surface area contributed by atoms with Crippen LogP contribution in [0.4, 0.5) is 5.69 Å². The molecule has 0 aliphatic heterocycles. The SMILES string of the molecule is CC(C)Oc1c(N[C@@H](Cc2ccc(Oc3nccc4cnccc34)cc2)C(=O)O)c(=O)c1=O. The molecule has 2 N–H and O–H groups in total. The first-order valence-corrected chi connectivity index (χ1v) is 10.3. The number of hydrogen-bond donors (Lipinski definition) is 2. The monoisotopic (exact) mass is 447 g/mol. The van der Waals surface area contributed by atoms with E-state index in [0.717, 1.165) is 10.8 Å². The summed E-state index contributed by atoms with van der Waals surface area (Å²) in [5, 5.41) is 14.0. The molecule has 33 heavy (non-hydrogen) atoms. The second-order valence-corrected chi connectivity index (χ2v) is 7.73. The van der Waals surface area contributed by atoms with Crippen LogP contribution in [0.25, 0.3) is 10.8 Å². The van der Waals surface area contributed by atoms with Gasteiger partial charge in [-0.05, 0) is 43.7 Å². The van der Waals surface area contributed by atoms with Crippen molar-refractivity contribution in [1.82, 2.24) is 9.97 Å². The van der Waals surface area contributed by atoms with Crippen LogP contribution in [0, 0.1) is 0 Å². The summed E-state index contributed by atoms with van der Waals surface area (Å²) in [6, 6.07) is 9.40. The highest BCUT2D eigenvalue weighted by Gasteiger charge is 2.28. The molecule has 168 valence electrons. The third-order valence-electron chi connectivity index (χ3n) is 4.94. The summed E-state index contributed by atoms with van der Waals surface area (Å²) in [6.07, 6.45) is 4.77. The highest BCUT2D eigenvalue weighted by molar-refractivity contribution is 5.86. The molecular formula is C24H21N3O6. The van der Waals surface area contributed by atoms with Gasteiger partial charge in [-0.3, -0.25) is 14.6 Å². The van der Waals surface area contributed by atoms with E-state index >= 15 is 0 Å². The number of aromatic nitrogens is 2. The average Bonchev–Trinajstić information content (AvgIpc) is 2.81. The predicted molar refractivity (Wildman–Crippen MR) is 122 cm³/mol. The van der Waals surface area contributed by atoms with Gasteiger partial charge in [0, 0.05) is 35.8 Å². The number of carboxylic acid groups (broad SMARTS) is 1. The minimum atomic E-state index is -1.16. The zero-order valence-electron chi connectivity index (χ0n) is 17.9. The Balaban J connectivity index is 1.48. The van der Waals surface area contributed by atoms with Gasteiger partial charge in [0.25, 0.3) is 10.9 Å². The zero-order chi connectivity index (χ0) is 23.5. The average molecular weight is 447 g/mol. The van der Waals surface area contributed by atoms with E-state index < -0.39 is 22.9 Å². The molecule has 0 spiro atoms. The Morgan fingerprint density at radius 1 is 1.06 bits per heavy atom. The van der Waals surface area contributed by atoms with Crippen LogP contribution in [0.5, 0.6) is 17.4 Å². The number of carbonyl (C=O) groups is 1. The molecule has 0 amide bonds. The first-order chi connectivity index (χ1) is 15.8. The standard InChI is InChI=1S/C24H21N3O6/c1-13(2)32-22-19(20(28)21(22)29)27-18(24(30)31)11-14-3-5-16(6-4-14)33-23-17-8-9-25-12-15(17)7-10-26-23/h3-10,12-13,18,27H,11H2,1-2H3,(H,30,31)/t18-/m0/s1. The number of fused-ring (bicyclic) bond motifs is 1. The van der Waals surface area contributed by atoms with E-state index in [1.54, 1.807) is 56.7 Å². The molecule has 0 aliphatic rings. The number of rotatable bonds is 9. The van der Waals surface area contributed by atoms with Crippen LogP contribution >= 0.6 is 0 Å². The number of aliphatic carboxylic acids is 1. The van der Waals surface area contributed by atoms with Crippen LogP contribution in [-0.4, -0.2) is 33.2 Å². The zero-order valence-corrected chi connectivity index (χ0v) is 17.9. The lowest BCUT2D eigenvalue weighted by Crippen LogP contribution is -2.42. The lowest BCUT2D eigenvalue weighted by molar-refractivity contribution is -0.137.